The van der Waals surface area contributed by atoms with Gasteiger partial charge in [-0.1, -0.05) is 39.0 Å². The number of aromatic nitrogens is 3. The van der Waals surface area contributed by atoms with Crippen molar-refractivity contribution in [2.24, 2.45) is 0 Å². The summed E-state index contributed by atoms with van der Waals surface area (Å²) >= 11 is 6.45. The molecule has 1 aliphatic rings. The van der Waals surface area contributed by atoms with E-state index in [0.29, 0.717) is 5.56 Å². The molecule has 0 saturated carbocycles. The van der Waals surface area contributed by atoms with Crippen LogP contribution in [0.15, 0.2) is 42.8 Å². The van der Waals surface area contributed by atoms with E-state index < -0.39 is 0 Å². The first-order chi connectivity index (χ1) is 13.8. The fraction of sp³-hybridized carbons (Fsp3) is 0.458. The second-order valence-corrected chi connectivity index (χ2v) is 11.1. The molecule has 30 heavy (non-hydrogen) atoms. The van der Waals surface area contributed by atoms with Crippen LogP contribution in [0.2, 0.25) is 0 Å². The first-order valence-electron chi connectivity index (χ1n) is 10.2. The van der Waals surface area contributed by atoms with E-state index in [1.54, 1.807) is 6.33 Å². The van der Waals surface area contributed by atoms with Crippen LogP contribution in [0.1, 0.15) is 76.6 Å². The lowest BCUT2D eigenvalue weighted by atomic mass is 9.92. The number of halogens is 1. The van der Waals surface area contributed by atoms with Crippen LogP contribution in [0.25, 0.3) is 11.3 Å². The Balaban J connectivity index is 2.13. The van der Waals surface area contributed by atoms with Gasteiger partial charge >= 0.3 is 0 Å². The lowest BCUT2D eigenvalue weighted by Crippen LogP contribution is -2.40. The van der Waals surface area contributed by atoms with E-state index in [9.17, 15) is 4.79 Å². The minimum absolute atomic E-state index is 0.112. The van der Waals surface area contributed by atoms with Gasteiger partial charge in [-0.25, -0.2) is 0 Å². The highest BCUT2D eigenvalue weighted by atomic mass is 35.5. The molecule has 0 aliphatic heterocycles. The number of benzene rings is 1. The Morgan fingerprint density at radius 3 is 2.43 bits per heavy atom. The minimum Gasteiger partial charge on any atom is -0.347 e. The van der Waals surface area contributed by atoms with Crippen LogP contribution in [0.5, 0.6) is 0 Å². The fourth-order valence-electron chi connectivity index (χ4n) is 3.32. The molecule has 160 valence electrons. The molecule has 1 N–H and O–H groups in total. The van der Waals surface area contributed by atoms with E-state index in [4.69, 9.17) is 11.6 Å². The average molecular weight is 427 g/mol. The standard InChI is InChI=1S/C24H31ClN4O/c1-22(2,3)21-28-26-15-29(21)19-13-17(16-8-10-24(7,25)11-9-16)12-18(14-19)20(30)27-23(4,5)6/h8-10,12-15H,11H2,1-7H3,(H,27,30). The highest BCUT2D eigenvalue weighted by Gasteiger charge is 2.24. The van der Waals surface area contributed by atoms with Gasteiger partial charge in [-0.2, -0.15) is 0 Å². The summed E-state index contributed by atoms with van der Waals surface area (Å²) in [6.07, 6.45) is 8.58. The van der Waals surface area contributed by atoms with Crippen LogP contribution >= 0.6 is 11.6 Å². The second kappa shape index (κ2) is 7.69. The third-order valence-electron chi connectivity index (χ3n) is 4.83. The molecule has 1 atom stereocenters. The van der Waals surface area contributed by atoms with Gasteiger partial charge < -0.3 is 5.32 Å². The maximum atomic E-state index is 13.0. The number of alkyl halides is 1. The van der Waals surface area contributed by atoms with Crippen molar-refractivity contribution in [3.05, 3.63) is 59.7 Å². The van der Waals surface area contributed by atoms with Crippen molar-refractivity contribution < 1.29 is 4.79 Å². The van der Waals surface area contributed by atoms with Crippen LogP contribution in [0.4, 0.5) is 0 Å². The molecule has 2 aromatic rings. The maximum Gasteiger partial charge on any atom is 0.251 e. The summed E-state index contributed by atoms with van der Waals surface area (Å²) in [6.45, 7) is 14.2. The van der Waals surface area contributed by atoms with Crippen molar-refractivity contribution in [1.29, 1.82) is 0 Å². The van der Waals surface area contributed by atoms with Crippen molar-refractivity contribution in [1.82, 2.24) is 20.1 Å². The van der Waals surface area contributed by atoms with Gasteiger partial charge in [0.1, 0.15) is 12.2 Å². The first-order valence-corrected chi connectivity index (χ1v) is 10.6. The fourth-order valence-corrected chi connectivity index (χ4v) is 3.46. The third kappa shape index (κ3) is 5.20. The van der Waals surface area contributed by atoms with E-state index in [1.807, 2.05) is 56.5 Å². The normalized spacial score (nSPS) is 19.5. The molecule has 6 heteroatoms. The van der Waals surface area contributed by atoms with Gasteiger partial charge in [0.2, 0.25) is 0 Å². The zero-order valence-electron chi connectivity index (χ0n) is 18.9. The molecule has 1 aliphatic carbocycles. The molecule has 1 amide bonds. The summed E-state index contributed by atoms with van der Waals surface area (Å²) in [5.74, 6) is 0.724. The molecular weight excluding hydrogens is 396 g/mol. The number of carbonyl (C=O) groups is 1. The Bertz CT molecular complexity index is 1020. The zero-order chi connectivity index (χ0) is 22.3. The van der Waals surface area contributed by atoms with Gasteiger partial charge in [0.05, 0.1) is 4.87 Å². The summed E-state index contributed by atoms with van der Waals surface area (Å²) < 4.78 is 1.95. The van der Waals surface area contributed by atoms with Crippen molar-refractivity contribution in [3.8, 4) is 5.69 Å². The predicted molar refractivity (Wildman–Crippen MR) is 123 cm³/mol. The Labute approximate surface area is 184 Å². The molecule has 5 nitrogen and oxygen atoms in total. The molecule has 1 unspecified atom stereocenters. The third-order valence-corrected chi connectivity index (χ3v) is 5.11. The Morgan fingerprint density at radius 1 is 1.17 bits per heavy atom. The van der Waals surface area contributed by atoms with Crippen LogP contribution < -0.4 is 5.32 Å². The first kappa shape index (κ1) is 22.3. The molecule has 0 bridgehead atoms. The number of carbonyl (C=O) groups excluding carboxylic acids is 1. The minimum atomic E-state index is -0.374. The van der Waals surface area contributed by atoms with E-state index in [0.717, 1.165) is 29.1 Å². The molecule has 1 aromatic carbocycles. The largest absolute Gasteiger partial charge is 0.347 e. The van der Waals surface area contributed by atoms with Crippen molar-refractivity contribution in [2.75, 3.05) is 0 Å². The smallest absolute Gasteiger partial charge is 0.251 e. The number of nitrogens with one attached hydrogen (secondary N) is 1. The summed E-state index contributed by atoms with van der Waals surface area (Å²) in [5.41, 5.74) is 2.94. The van der Waals surface area contributed by atoms with E-state index >= 15 is 0 Å². The number of hydrogen-bond acceptors (Lipinski definition) is 3. The molecule has 0 fully saturated rings. The monoisotopic (exact) mass is 426 g/mol. The van der Waals surface area contributed by atoms with Crippen LogP contribution in [-0.4, -0.2) is 31.1 Å². The zero-order valence-corrected chi connectivity index (χ0v) is 19.6. The average Bonchev–Trinajstić information content (AvgIpc) is 3.10. The number of hydrogen-bond donors (Lipinski definition) is 1. The lowest BCUT2D eigenvalue weighted by molar-refractivity contribution is 0.0919. The van der Waals surface area contributed by atoms with Crippen LogP contribution in [0.3, 0.4) is 0 Å². The van der Waals surface area contributed by atoms with Gasteiger partial charge in [-0.15, -0.1) is 21.8 Å². The summed E-state index contributed by atoms with van der Waals surface area (Å²) in [4.78, 5) is 12.6. The second-order valence-electron chi connectivity index (χ2n) is 10.2. The summed E-state index contributed by atoms with van der Waals surface area (Å²) in [6, 6.07) is 5.89. The highest BCUT2D eigenvalue weighted by molar-refractivity contribution is 6.25. The molecule has 1 aromatic heterocycles. The number of allylic oxidation sites excluding steroid dienone is 4. The van der Waals surface area contributed by atoms with Gasteiger partial charge in [0.15, 0.2) is 0 Å². The molecular formula is C24H31ClN4O. The quantitative estimate of drug-likeness (QED) is 0.665. The number of amides is 1. The van der Waals surface area contributed by atoms with E-state index in [-0.39, 0.29) is 21.7 Å². The van der Waals surface area contributed by atoms with E-state index in [2.05, 4.69) is 48.4 Å². The summed E-state index contributed by atoms with van der Waals surface area (Å²) in [7, 11) is 0. The number of rotatable bonds is 3. The molecule has 1 heterocycles. The van der Waals surface area contributed by atoms with Crippen LogP contribution in [-0.2, 0) is 5.41 Å². The summed E-state index contributed by atoms with van der Waals surface area (Å²) in [5, 5.41) is 11.5. The van der Waals surface area contributed by atoms with Crippen molar-refractivity contribution in [2.45, 2.75) is 70.7 Å². The molecule has 0 saturated heterocycles. The van der Waals surface area contributed by atoms with Crippen LogP contribution in [0, 0.1) is 0 Å². The maximum absolute atomic E-state index is 13.0. The highest BCUT2D eigenvalue weighted by Crippen LogP contribution is 2.33. The molecule has 0 radical (unpaired) electrons. The van der Waals surface area contributed by atoms with Crippen molar-refractivity contribution in [3.63, 3.8) is 0 Å². The number of nitrogens with zero attached hydrogens (tertiary/aromatic N) is 3. The molecule has 3 rings (SSSR count). The Kier molecular flexibility index (Phi) is 5.72. The topological polar surface area (TPSA) is 59.8 Å². The van der Waals surface area contributed by atoms with Gasteiger partial charge in [0.25, 0.3) is 5.91 Å². The van der Waals surface area contributed by atoms with Crippen molar-refractivity contribution >= 4 is 23.1 Å². The molecule has 0 spiro atoms. The SMILES string of the molecule is CC1(Cl)C=CC(c2cc(C(=O)NC(C)(C)C)cc(-n3cnnc3C(C)(C)C)c2)=CC1. The Hall–Kier alpha value is -2.40. The Morgan fingerprint density at radius 2 is 1.87 bits per heavy atom. The van der Waals surface area contributed by atoms with E-state index in [1.165, 1.54) is 0 Å². The van der Waals surface area contributed by atoms with Gasteiger partial charge in [-0.05, 0) is 63.5 Å². The van der Waals surface area contributed by atoms with Gasteiger partial charge in [0, 0.05) is 22.2 Å². The lowest BCUT2D eigenvalue weighted by Gasteiger charge is -2.23. The predicted octanol–water partition coefficient (Wildman–Crippen LogP) is 5.43. The van der Waals surface area contributed by atoms with Gasteiger partial charge in [-0.3, -0.25) is 9.36 Å².